The summed E-state index contributed by atoms with van der Waals surface area (Å²) in [5, 5.41) is 0. The lowest BCUT2D eigenvalue weighted by atomic mass is 9.79. The summed E-state index contributed by atoms with van der Waals surface area (Å²) in [5.74, 6) is 1.29. The number of nitrogens with zero attached hydrogens (tertiary/aromatic N) is 2. The van der Waals surface area contributed by atoms with E-state index in [2.05, 4.69) is 9.80 Å². The second-order valence-corrected chi connectivity index (χ2v) is 7.37. The molecule has 1 atom stereocenters. The molecule has 20 heavy (non-hydrogen) atoms. The van der Waals surface area contributed by atoms with Crippen molar-refractivity contribution >= 4 is 5.91 Å². The lowest BCUT2D eigenvalue weighted by Gasteiger charge is -2.51. The third-order valence-electron chi connectivity index (χ3n) is 5.99. The predicted octanol–water partition coefficient (Wildman–Crippen LogP) is 3.04. The van der Waals surface area contributed by atoms with E-state index in [4.69, 9.17) is 0 Å². The molecule has 3 rings (SSSR count). The summed E-state index contributed by atoms with van der Waals surface area (Å²) in [7, 11) is 2.05. The maximum absolute atomic E-state index is 12.1. The maximum atomic E-state index is 12.1. The van der Waals surface area contributed by atoms with Crippen molar-refractivity contribution in [3.8, 4) is 0 Å². The molecule has 3 aliphatic rings. The standard InChI is InChI=1S/C17H30N2O/c1-18-16(20)9-5-10-17(18)11-6-12-19(14-17)13-15-7-3-2-4-8-15/h15H,2-14H2,1H3. The van der Waals surface area contributed by atoms with Gasteiger partial charge in [0.15, 0.2) is 0 Å². The normalized spacial score (nSPS) is 33.9. The highest BCUT2D eigenvalue weighted by molar-refractivity contribution is 5.77. The molecule has 3 nitrogen and oxygen atoms in total. The summed E-state index contributed by atoms with van der Waals surface area (Å²) in [6, 6.07) is 0. The van der Waals surface area contributed by atoms with Crippen LogP contribution in [0.2, 0.25) is 0 Å². The van der Waals surface area contributed by atoms with E-state index in [9.17, 15) is 4.79 Å². The van der Waals surface area contributed by atoms with E-state index in [1.54, 1.807) is 0 Å². The SMILES string of the molecule is CN1C(=O)CCCC12CCCN(CC1CCCCC1)C2. The Morgan fingerprint density at radius 2 is 1.85 bits per heavy atom. The number of rotatable bonds is 2. The molecule has 0 radical (unpaired) electrons. The fraction of sp³-hybridized carbons (Fsp3) is 0.941. The number of amides is 1. The molecule has 3 fully saturated rings. The van der Waals surface area contributed by atoms with Gasteiger partial charge in [0, 0.05) is 26.6 Å². The Bertz CT molecular complexity index is 347. The van der Waals surface area contributed by atoms with E-state index < -0.39 is 0 Å². The molecule has 0 aromatic rings. The van der Waals surface area contributed by atoms with Crippen LogP contribution in [0, 0.1) is 5.92 Å². The molecule has 114 valence electrons. The third kappa shape index (κ3) is 2.88. The Balaban J connectivity index is 1.61. The second kappa shape index (κ2) is 6.05. The molecule has 0 N–H and O–H groups in total. The molecule has 1 aliphatic carbocycles. The Labute approximate surface area is 123 Å². The van der Waals surface area contributed by atoms with Gasteiger partial charge in [-0.1, -0.05) is 19.3 Å². The molecule has 1 amide bonds. The van der Waals surface area contributed by atoms with Crippen LogP contribution in [0.25, 0.3) is 0 Å². The topological polar surface area (TPSA) is 23.6 Å². The fourth-order valence-corrected chi connectivity index (χ4v) is 4.74. The first-order valence-corrected chi connectivity index (χ1v) is 8.69. The Hall–Kier alpha value is -0.570. The van der Waals surface area contributed by atoms with Gasteiger partial charge < -0.3 is 9.80 Å². The van der Waals surface area contributed by atoms with Crippen molar-refractivity contribution in [2.45, 2.75) is 69.7 Å². The van der Waals surface area contributed by atoms with E-state index in [1.807, 2.05) is 7.05 Å². The van der Waals surface area contributed by atoms with Crippen LogP contribution in [0.3, 0.4) is 0 Å². The zero-order valence-corrected chi connectivity index (χ0v) is 13.1. The second-order valence-electron chi connectivity index (χ2n) is 7.37. The molecule has 3 heteroatoms. The number of carbonyl (C=O) groups excluding carboxylic acids is 1. The van der Waals surface area contributed by atoms with Crippen LogP contribution in [-0.2, 0) is 4.79 Å². The molecule has 1 spiro atoms. The summed E-state index contributed by atoms with van der Waals surface area (Å²) in [4.78, 5) is 16.8. The molecule has 0 aromatic carbocycles. The number of likely N-dealkylation sites (N-methyl/N-ethyl adjacent to an activating group) is 1. The molecular formula is C17H30N2O. The molecule has 2 heterocycles. The first kappa shape index (κ1) is 14.4. The Morgan fingerprint density at radius 1 is 1.10 bits per heavy atom. The highest BCUT2D eigenvalue weighted by Gasteiger charge is 2.43. The van der Waals surface area contributed by atoms with Crippen molar-refractivity contribution in [3.63, 3.8) is 0 Å². The average Bonchev–Trinajstić information content (AvgIpc) is 2.46. The van der Waals surface area contributed by atoms with Gasteiger partial charge in [-0.15, -0.1) is 0 Å². The maximum Gasteiger partial charge on any atom is 0.222 e. The third-order valence-corrected chi connectivity index (χ3v) is 5.99. The smallest absolute Gasteiger partial charge is 0.222 e. The van der Waals surface area contributed by atoms with Crippen LogP contribution < -0.4 is 0 Å². The van der Waals surface area contributed by atoms with Crippen LogP contribution in [0.15, 0.2) is 0 Å². The van der Waals surface area contributed by atoms with E-state index >= 15 is 0 Å². The predicted molar refractivity (Wildman–Crippen MR) is 81.6 cm³/mol. The van der Waals surface area contributed by atoms with Crippen molar-refractivity contribution < 1.29 is 4.79 Å². The largest absolute Gasteiger partial charge is 0.339 e. The summed E-state index contributed by atoms with van der Waals surface area (Å²) >= 11 is 0. The van der Waals surface area contributed by atoms with Crippen LogP contribution in [0.5, 0.6) is 0 Å². The molecule has 1 saturated carbocycles. The molecule has 0 bridgehead atoms. The minimum atomic E-state index is 0.169. The zero-order chi connectivity index (χ0) is 14.0. The minimum Gasteiger partial charge on any atom is -0.339 e. The highest BCUT2D eigenvalue weighted by atomic mass is 16.2. The first-order valence-electron chi connectivity index (χ1n) is 8.69. The number of piperidine rings is 2. The van der Waals surface area contributed by atoms with Crippen LogP contribution in [0.1, 0.15) is 64.2 Å². The summed E-state index contributed by atoms with van der Waals surface area (Å²) in [5.41, 5.74) is 0.169. The molecular weight excluding hydrogens is 248 g/mol. The number of carbonyl (C=O) groups is 1. The van der Waals surface area contributed by atoms with Crippen molar-refractivity contribution in [3.05, 3.63) is 0 Å². The fourth-order valence-electron chi connectivity index (χ4n) is 4.74. The molecule has 0 aromatic heterocycles. The van der Waals surface area contributed by atoms with Gasteiger partial charge in [-0.25, -0.2) is 0 Å². The van der Waals surface area contributed by atoms with E-state index in [1.165, 1.54) is 64.5 Å². The van der Waals surface area contributed by atoms with Gasteiger partial charge in [-0.05, 0) is 51.0 Å². The molecule has 2 saturated heterocycles. The number of likely N-dealkylation sites (tertiary alicyclic amines) is 2. The Morgan fingerprint density at radius 3 is 2.65 bits per heavy atom. The summed E-state index contributed by atoms with van der Waals surface area (Å²) in [6.07, 6.45) is 12.7. The van der Waals surface area contributed by atoms with Gasteiger partial charge in [0.05, 0.1) is 5.54 Å². The van der Waals surface area contributed by atoms with E-state index in [0.29, 0.717) is 5.91 Å². The minimum absolute atomic E-state index is 0.169. The van der Waals surface area contributed by atoms with Crippen LogP contribution in [0.4, 0.5) is 0 Å². The van der Waals surface area contributed by atoms with Crippen molar-refractivity contribution in [2.75, 3.05) is 26.7 Å². The van der Waals surface area contributed by atoms with Gasteiger partial charge in [0.2, 0.25) is 5.91 Å². The van der Waals surface area contributed by atoms with Crippen molar-refractivity contribution in [1.29, 1.82) is 0 Å². The molecule has 2 aliphatic heterocycles. The van der Waals surface area contributed by atoms with Gasteiger partial charge in [-0.3, -0.25) is 4.79 Å². The first-order chi connectivity index (χ1) is 9.70. The van der Waals surface area contributed by atoms with Gasteiger partial charge in [0.1, 0.15) is 0 Å². The monoisotopic (exact) mass is 278 g/mol. The van der Waals surface area contributed by atoms with E-state index in [0.717, 1.165) is 25.3 Å². The quantitative estimate of drug-likeness (QED) is 0.775. The Kier molecular flexibility index (Phi) is 4.34. The van der Waals surface area contributed by atoms with Gasteiger partial charge in [-0.2, -0.15) is 0 Å². The van der Waals surface area contributed by atoms with Crippen molar-refractivity contribution in [1.82, 2.24) is 9.80 Å². The zero-order valence-electron chi connectivity index (χ0n) is 13.1. The summed E-state index contributed by atoms with van der Waals surface area (Å²) in [6.45, 7) is 3.66. The lowest BCUT2D eigenvalue weighted by Crippen LogP contribution is -2.61. The van der Waals surface area contributed by atoms with E-state index in [-0.39, 0.29) is 5.54 Å². The van der Waals surface area contributed by atoms with Gasteiger partial charge >= 0.3 is 0 Å². The number of hydrogen-bond donors (Lipinski definition) is 0. The van der Waals surface area contributed by atoms with Gasteiger partial charge in [0.25, 0.3) is 0 Å². The number of hydrogen-bond acceptors (Lipinski definition) is 2. The highest BCUT2D eigenvalue weighted by Crippen LogP contribution is 2.36. The lowest BCUT2D eigenvalue weighted by molar-refractivity contribution is -0.143. The van der Waals surface area contributed by atoms with Crippen molar-refractivity contribution in [2.24, 2.45) is 5.92 Å². The van der Waals surface area contributed by atoms with Crippen LogP contribution >= 0.6 is 0 Å². The summed E-state index contributed by atoms with van der Waals surface area (Å²) < 4.78 is 0. The van der Waals surface area contributed by atoms with Crippen LogP contribution in [-0.4, -0.2) is 47.9 Å². The average molecular weight is 278 g/mol. The molecule has 1 unspecified atom stereocenters.